The minimum absolute atomic E-state index is 0.714. The van der Waals surface area contributed by atoms with Gasteiger partial charge in [0, 0.05) is 16.1 Å². The molecule has 1 N–H and O–H groups in total. The highest BCUT2D eigenvalue weighted by Crippen LogP contribution is 2.30. The van der Waals surface area contributed by atoms with Crippen molar-refractivity contribution in [2.75, 3.05) is 0 Å². The Hall–Kier alpha value is -2.65. The van der Waals surface area contributed by atoms with E-state index in [-0.39, 0.29) is 0 Å². The van der Waals surface area contributed by atoms with Gasteiger partial charge in [-0.2, -0.15) is 0 Å². The topological polar surface area (TPSA) is 41.6 Å². The van der Waals surface area contributed by atoms with Gasteiger partial charge in [-0.05, 0) is 23.8 Å². The average Bonchev–Trinajstić information content (AvgIpc) is 3.04. The van der Waals surface area contributed by atoms with Crippen LogP contribution in [0.15, 0.2) is 67.0 Å². The molecule has 2 aromatic carbocycles. The highest BCUT2D eigenvalue weighted by atomic mass is 35.5. The zero-order chi connectivity index (χ0) is 14.9. The van der Waals surface area contributed by atoms with Crippen LogP contribution in [0.5, 0.6) is 0 Å². The fourth-order valence-corrected chi connectivity index (χ4v) is 2.67. The lowest BCUT2D eigenvalue weighted by molar-refractivity contribution is 1.30. The van der Waals surface area contributed by atoms with Crippen molar-refractivity contribution in [3.63, 3.8) is 0 Å². The van der Waals surface area contributed by atoms with Gasteiger partial charge in [0.15, 0.2) is 5.65 Å². The van der Waals surface area contributed by atoms with Gasteiger partial charge in [0.25, 0.3) is 0 Å². The van der Waals surface area contributed by atoms with E-state index in [0.29, 0.717) is 10.7 Å². The van der Waals surface area contributed by atoms with E-state index in [0.717, 1.165) is 27.9 Å². The maximum atomic E-state index is 5.97. The first-order valence-electron chi connectivity index (χ1n) is 6.97. The SMILES string of the molecule is Clc1ccc(-c2cc(-c3ccccc3)c3[nH]cnc3n2)cc1. The van der Waals surface area contributed by atoms with Gasteiger partial charge in [-0.1, -0.05) is 54.1 Å². The van der Waals surface area contributed by atoms with Crippen LogP contribution in [0, 0.1) is 0 Å². The molecule has 0 saturated carbocycles. The summed E-state index contributed by atoms with van der Waals surface area (Å²) in [7, 11) is 0. The third kappa shape index (κ3) is 2.26. The molecule has 0 bridgehead atoms. The summed E-state index contributed by atoms with van der Waals surface area (Å²) >= 11 is 5.97. The van der Waals surface area contributed by atoms with Gasteiger partial charge < -0.3 is 4.98 Å². The molecule has 0 aliphatic rings. The Balaban J connectivity index is 1.96. The minimum atomic E-state index is 0.714. The molecule has 106 valence electrons. The molecular formula is C18H12ClN3. The largest absolute Gasteiger partial charge is 0.343 e. The fourth-order valence-electron chi connectivity index (χ4n) is 2.54. The van der Waals surface area contributed by atoms with E-state index in [9.17, 15) is 0 Å². The zero-order valence-corrected chi connectivity index (χ0v) is 12.4. The Morgan fingerprint density at radius 3 is 2.41 bits per heavy atom. The molecule has 4 aromatic rings. The second kappa shape index (κ2) is 5.28. The predicted octanol–water partition coefficient (Wildman–Crippen LogP) is 4.95. The standard InChI is InChI=1S/C18H12ClN3/c19-14-8-6-13(7-9-14)16-10-15(12-4-2-1-3-5-12)17-18(22-16)21-11-20-17/h1-11H,(H,20,21,22). The smallest absolute Gasteiger partial charge is 0.178 e. The summed E-state index contributed by atoms with van der Waals surface area (Å²) in [6.45, 7) is 0. The number of benzene rings is 2. The third-order valence-electron chi connectivity index (χ3n) is 3.62. The number of H-pyrrole nitrogens is 1. The molecule has 4 rings (SSSR count). The number of rotatable bonds is 2. The van der Waals surface area contributed by atoms with E-state index in [4.69, 9.17) is 11.6 Å². The molecule has 0 amide bonds. The second-order valence-electron chi connectivity index (χ2n) is 5.03. The molecule has 0 spiro atoms. The molecule has 0 fully saturated rings. The van der Waals surface area contributed by atoms with E-state index >= 15 is 0 Å². The van der Waals surface area contributed by atoms with Crippen molar-refractivity contribution in [3.05, 3.63) is 72.0 Å². The Labute approximate surface area is 132 Å². The number of nitrogens with zero attached hydrogens (tertiary/aromatic N) is 2. The van der Waals surface area contributed by atoms with Crippen molar-refractivity contribution in [2.24, 2.45) is 0 Å². The van der Waals surface area contributed by atoms with Crippen LogP contribution in [-0.2, 0) is 0 Å². The van der Waals surface area contributed by atoms with Gasteiger partial charge in [0.2, 0.25) is 0 Å². The highest BCUT2D eigenvalue weighted by Gasteiger charge is 2.11. The van der Waals surface area contributed by atoms with Crippen LogP contribution in [-0.4, -0.2) is 15.0 Å². The lowest BCUT2D eigenvalue weighted by Gasteiger charge is -2.07. The highest BCUT2D eigenvalue weighted by molar-refractivity contribution is 6.30. The number of aromatic nitrogens is 3. The number of imidazole rings is 1. The third-order valence-corrected chi connectivity index (χ3v) is 3.87. The van der Waals surface area contributed by atoms with Crippen LogP contribution in [0.4, 0.5) is 0 Å². The number of aromatic amines is 1. The lowest BCUT2D eigenvalue weighted by Crippen LogP contribution is -1.89. The molecule has 4 heteroatoms. The van der Waals surface area contributed by atoms with Gasteiger partial charge in [-0.3, -0.25) is 0 Å². The van der Waals surface area contributed by atoms with Crippen LogP contribution in [0.25, 0.3) is 33.5 Å². The number of hydrogen-bond donors (Lipinski definition) is 1. The van der Waals surface area contributed by atoms with E-state index in [1.807, 2.05) is 42.5 Å². The molecule has 2 heterocycles. The first-order valence-corrected chi connectivity index (χ1v) is 7.34. The molecule has 0 aliphatic heterocycles. The second-order valence-corrected chi connectivity index (χ2v) is 5.47. The van der Waals surface area contributed by atoms with Gasteiger partial charge in [-0.25, -0.2) is 9.97 Å². The predicted molar refractivity (Wildman–Crippen MR) is 89.8 cm³/mol. The zero-order valence-electron chi connectivity index (χ0n) is 11.6. The first kappa shape index (κ1) is 13.0. The molecule has 0 atom stereocenters. The van der Waals surface area contributed by atoms with Crippen molar-refractivity contribution in [1.82, 2.24) is 15.0 Å². The van der Waals surface area contributed by atoms with Gasteiger partial charge in [0.05, 0.1) is 17.5 Å². The van der Waals surface area contributed by atoms with Crippen LogP contribution < -0.4 is 0 Å². The molecule has 22 heavy (non-hydrogen) atoms. The summed E-state index contributed by atoms with van der Waals surface area (Å²) in [6.07, 6.45) is 1.68. The first-order chi connectivity index (χ1) is 10.8. The van der Waals surface area contributed by atoms with Crippen molar-refractivity contribution in [3.8, 4) is 22.4 Å². The van der Waals surface area contributed by atoms with Crippen molar-refractivity contribution >= 4 is 22.8 Å². The van der Waals surface area contributed by atoms with Crippen LogP contribution >= 0.6 is 11.6 Å². The van der Waals surface area contributed by atoms with Crippen LogP contribution in [0.3, 0.4) is 0 Å². The van der Waals surface area contributed by atoms with Crippen LogP contribution in [0.2, 0.25) is 5.02 Å². The van der Waals surface area contributed by atoms with Gasteiger partial charge in [-0.15, -0.1) is 0 Å². The molecule has 0 aliphatic carbocycles. The summed E-state index contributed by atoms with van der Waals surface area (Å²) in [5, 5.41) is 0.716. The Bertz CT molecular complexity index is 928. The molecule has 0 saturated heterocycles. The number of nitrogens with one attached hydrogen (secondary N) is 1. The molecule has 0 radical (unpaired) electrons. The van der Waals surface area contributed by atoms with E-state index < -0.39 is 0 Å². The molecule has 3 nitrogen and oxygen atoms in total. The maximum Gasteiger partial charge on any atom is 0.178 e. The number of hydrogen-bond acceptors (Lipinski definition) is 2. The van der Waals surface area contributed by atoms with Crippen molar-refractivity contribution < 1.29 is 0 Å². The molecule has 2 aromatic heterocycles. The average molecular weight is 306 g/mol. The monoisotopic (exact) mass is 305 g/mol. The molecular weight excluding hydrogens is 294 g/mol. The van der Waals surface area contributed by atoms with Gasteiger partial charge >= 0.3 is 0 Å². The van der Waals surface area contributed by atoms with E-state index in [1.54, 1.807) is 6.33 Å². The number of pyridine rings is 1. The summed E-state index contributed by atoms with van der Waals surface area (Å²) in [5.74, 6) is 0. The number of fused-ring (bicyclic) bond motifs is 1. The van der Waals surface area contributed by atoms with Gasteiger partial charge in [0.1, 0.15) is 0 Å². The van der Waals surface area contributed by atoms with E-state index in [1.165, 1.54) is 0 Å². The summed E-state index contributed by atoms with van der Waals surface area (Å²) < 4.78 is 0. The summed E-state index contributed by atoms with van der Waals surface area (Å²) in [4.78, 5) is 12.1. The van der Waals surface area contributed by atoms with E-state index in [2.05, 4.69) is 33.2 Å². The Morgan fingerprint density at radius 2 is 1.64 bits per heavy atom. The summed E-state index contributed by atoms with van der Waals surface area (Å²) in [5.41, 5.74) is 5.79. The van der Waals surface area contributed by atoms with Crippen molar-refractivity contribution in [2.45, 2.75) is 0 Å². The maximum absolute atomic E-state index is 5.97. The quantitative estimate of drug-likeness (QED) is 0.569. The van der Waals surface area contributed by atoms with Crippen molar-refractivity contribution in [1.29, 1.82) is 0 Å². The lowest BCUT2D eigenvalue weighted by atomic mass is 10.0. The van der Waals surface area contributed by atoms with Crippen LogP contribution in [0.1, 0.15) is 0 Å². The number of halogens is 1. The minimum Gasteiger partial charge on any atom is -0.343 e. The fraction of sp³-hybridized carbons (Fsp3) is 0. The Kier molecular flexibility index (Phi) is 3.13. The summed E-state index contributed by atoms with van der Waals surface area (Å²) in [6, 6.07) is 20.0. The normalized spacial score (nSPS) is 11.0. The Morgan fingerprint density at radius 1 is 0.864 bits per heavy atom. The molecule has 0 unspecified atom stereocenters.